The van der Waals surface area contributed by atoms with Gasteiger partial charge in [0.05, 0.1) is 5.56 Å². The number of aromatic nitrogens is 1. The first-order valence-corrected chi connectivity index (χ1v) is 6.63. The van der Waals surface area contributed by atoms with Crippen LogP contribution in [-0.4, -0.2) is 34.9 Å². The average molecular weight is 273 g/mol. The summed E-state index contributed by atoms with van der Waals surface area (Å²) < 4.78 is 13.0. The highest BCUT2D eigenvalue weighted by atomic mass is 19.1. The number of aromatic amines is 1. The van der Waals surface area contributed by atoms with Crippen molar-refractivity contribution >= 4 is 5.91 Å². The molecule has 0 spiro atoms. The molecular weight excluding hydrogens is 257 g/mol. The monoisotopic (exact) mass is 273 g/mol. The molecule has 20 heavy (non-hydrogen) atoms. The number of rotatable bonds is 2. The van der Waals surface area contributed by atoms with Gasteiger partial charge in [0.2, 0.25) is 0 Å². The predicted octanol–water partition coefficient (Wildman–Crippen LogP) is 1.99. The molecule has 2 aromatic rings. The molecule has 4 nitrogen and oxygen atoms in total. The summed E-state index contributed by atoms with van der Waals surface area (Å²) in [6.45, 7) is 1.28. The van der Waals surface area contributed by atoms with Gasteiger partial charge in [-0.15, -0.1) is 0 Å². The Labute approximate surface area is 116 Å². The Morgan fingerprint density at radius 1 is 1.30 bits per heavy atom. The van der Waals surface area contributed by atoms with Gasteiger partial charge in [-0.3, -0.25) is 4.79 Å². The van der Waals surface area contributed by atoms with Gasteiger partial charge >= 0.3 is 0 Å². The first kappa shape index (κ1) is 12.9. The van der Waals surface area contributed by atoms with Crippen molar-refractivity contribution in [1.29, 1.82) is 0 Å². The maximum absolute atomic E-state index is 13.0. The molecule has 3 rings (SSSR count). The van der Waals surface area contributed by atoms with Crippen LogP contribution in [0.4, 0.5) is 4.39 Å². The lowest BCUT2D eigenvalue weighted by molar-refractivity contribution is 0.0792. The zero-order valence-electron chi connectivity index (χ0n) is 11.0. The van der Waals surface area contributed by atoms with Gasteiger partial charge in [0.25, 0.3) is 5.91 Å². The molecule has 1 aromatic carbocycles. The van der Waals surface area contributed by atoms with E-state index in [2.05, 4.69) is 4.98 Å². The molecule has 3 N–H and O–H groups in total. The fraction of sp³-hybridized carbons (Fsp3) is 0.267. The van der Waals surface area contributed by atoms with E-state index in [1.54, 1.807) is 29.4 Å². The Morgan fingerprint density at radius 3 is 2.70 bits per heavy atom. The normalized spacial score (nSPS) is 18.5. The van der Waals surface area contributed by atoms with Crippen LogP contribution in [-0.2, 0) is 0 Å². The van der Waals surface area contributed by atoms with Crippen LogP contribution in [0.5, 0.6) is 0 Å². The Balaban J connectivity index is 1.90. The van der Waals surface area contributed by atoms with Crippen LogP contribution < -0.4 is 5.73 Å². The molecule has 0 saturated carbocycles. The lowest BCUT2D eigenvalue weighted by atomic mass is 10.0. The van der Waals surface area contributed by atoms with Crippen LogP contribution in [0.25, 0.3) is 11.1 Å². The van der Waals surface area contributed by atoms with Crippen LogP contribution in [0, 0.1) is 5.82 Å². The lowest BCUT2D eigenvalue weighted by Crippen LogP contribution is -2.31. The summed E-state index contributed by atoms with van der Waals surface area (Å²) >= 11 is 0. The number of carbonyl (C=O) groups excluding carboxylic acids is 1. The van der Waals surface area contributed by atoms with E-state index >= 15 is 0 Å². The smallest absolute Gasteiger partial charge is 0.256 e. The SMILES string of the molecule is N[C@@H]1CCN(C(=O)c2c[nH]cc2-c2ccc(F)cc2)C1. The van der Waals surface area contributed by atoms with Gasteiger partial charge in [-0.2, -0.15) is 0 Å². The molecule has 0 bridgehead atoms. The predicted molar refractivity (Wildman–Crippen MR) is 74.7 cm³/mol. The van der Waals surface area contributed by atoms with Crippen molar-refractivity contribution < 1.29 is 9.18 Å². The molecule has 1 aromatic heterocycles. The van der Waals surface area contributed by atoms with Crippen molar-refractivity contribution in [3.63, 3.8) is 0 Å². The molecule has 0 radical (unpaired) electrons. The summed E-state index contributed by atoms with van der Waals surface area (Å²) in [5, 5.41) is 0. The zero-order chi connectivity index (χ0) is 14.1. The Hall–Kier alpha value is -2.14. The Kier molecular flexibility index (Phi) is 3.28. The number of H-pyrrole nitrogens is 1. The average Bonchev–Trinajstić information content (AvgIpc) is 3.07. The minimum atomic E-state index is -0.289. The molecule has 1 fully saturated rings. The molecule has 0 unspecified atom stereocenters. The largest absolute Gasteiger partial charge is 0.366 e. The molecule has 104 valence electrons. The van der Waals surface area contributed by atoms with Crippen LogP contribution in [0.1, 0.15) is 16.8 Å². The maximum Gasteiger partial charge on any atom is 0.256 e. The second-order valence-electron chi connectivity index (χ2n) is 5.09. The van der Waals surface area contributed by atoms with E-state index in [9.17, 15) is 9.18 Å². The van der Waals surface area contributed by atoms with Crippen LogP contribution >= 0.6 is 0 Å². The molecule has 1 aliphatic rings. The Morgan fingerprint density at radius 2 is 2.05 bits per heavy atom. The fourth-order valence-corrected chi connectivity index (χ4v) is 2.55. The van der Waals surface area contributed by atoms with Gasteiger partial charge in [-0.25, -0.2) is 4.39 Å². The number of benzene rings is 1. The minimum Gasteiger partial charge on any atom is -0.366 e. The maximum atomic E-state index is 13.0. The first-order chi connectivity index (χ1) is 9.65. The van der Waals surface area contributed by atoms with Crippen LogP contribution in [0.15, 0.2) is 36.7 Å². The van der Waals surface area contributed by atoms with Crippen molar-refractivity contribution in [2.45, 2.75) is 12.5 Å². The van der Waals surface area contributed by atoms with Gasteiger partial charge < -0.3 is 15.6 Å². The fourth-order valence-electron chi connectivity index (χ4n) is 2.55. The van der Waals surface area contributed by atoms with E-state index in [1.165, 1.54) is 12.1 Å². The third kappa shape index (κ3) is 2.32. The quantitative estimate of drug-likeness (QED) is 0.879. The minimum absolute atomic E-state index is 0.0291. The number of halogens is 1. The van der Waals surface area contributed by atoms with Gasteiger partial charge in [-0.05, 0) is 24.1 Å². The van der Waals surface area contributed by atoms with E-state index in [4.69, 9.17) is 5.73 Å². The standard InChI is InChI=1S/C15H16FN3O/c16-11-3-1-10(2-4-11)13-7-18-8-14(13)15(20)19-6-5-12(17)9-19/h1-4,7-8,12,18H,5-6,9,17H2/t12-/m1/s1. The number of hydrogen-bond donors (Lipinski definition) is 2. The summed E-state index contributed by atoms with van der Waals surface area (Å²) in [4.78, 5) is 17.2. The number of hydrogen-bond acceptors (Lipinski definition) is 2. The molecule has 1 atom stereocenters. The molecule has 2 heterocycles. The van der Waals surface area contributed by atoms with Crippen LogP contribution in [0.3, 0.4) is 0 Å². The zero-order valence-corrected chi connectivity index (χ0v) is 11.0. The molecule has 1 aliphatic heterocycles. The number of nitrogens with zero attached hydrogens (tertiary/aromatic N) is 1. The van der Waals surface area contributed by atoms with E-state index in [0.29, 0.717) is 18.7 Å². The van der Waals surface area contributed by atoms with Crippen molar-refractivity contribution in [2.24, 2.45) is 5.73 Å². The van der Waals surface area contributed by atoms with Crippen molar-refractivity contribution in [3.8, 4) is 11.1 Å². The van der Waals surface area contributed by atoms with Gasteiger partial charge in [-0.1, -0.05) is 12.1 Å². The number of nitrogens with two attached hydrogens (primary N) is 1. The highest BCUT2D eigenvalue weighted by Gasteiger charge is 2.26. The Bertz CT molecular complexity index is 620. The number of carbonyl (C=O) groups is 1. The lowest BCUT2D eigenvalue weighted by Gasteiger charge is -2.16. The summed E-state index contributed by atoms with van der Waals surface area (Å²) in [6, 6.07) is 6.19. The van der Waals surface area contributed by atoms with Crippen molar-refractivity contribution in [3.05, 3.63) is 48.0 Å². The summed E-state index contributed by atoms with van der Waals surface area (Å²) in [5.41, 5.74) is 8.05. The van der Waals surface area contributed by atoms with E-state index in [-0.39, 0.29) is 17.8 Å². The molecule has 0 aliphatic carbocycles. The summed E-state index contributed by atoms with van der Waals surface area (Å²) in [5.74, 6) is -0.318. The van der Waals surface area contributed by atoms with Crippen molar-refractivity contribution in [2.75, 3.05) is 13.1 Å². The van der Waals surface area contributed by atoms with E-state index in [0.717, 1.165) is 17.5 Å². The molecular formula is C15H16FN3O. The first-order valence-electron chi connectivity index (χ1n) is 6.63. The number of likely N-dealkylation sites (tertiary alicyclic amines) is 1. The highest BCUT2D eigenvalue weighted by Crippen LogP contribution is 2.25. The number of amides is 1. The third-order valence-electron chi connectivity index (χ3n) is 3.64. The van der Waals surface area contributed by atoms with Gasteiger partial charge in [0, 0.05) is 37.1 Å². The summed E-state index contributed by atoms with van der Waals surface area (Å²) in [7, 11) is 0. The van der Waals surface area contributed by atoms with Gasteiger partial charge in [0.15, 0.2) is 0 Å². The molecule has 5 heteroatoms. The second-order valence-corrected chi connectivity index (χ2v) is 5.09. The topological polar surface area (TPSA) is 62.1 Å². The molecule has 1 amide bonds. The van der Waals surface area contributed by atoms with E-state index < -0.39 is 0 Å². The van der Waals surface area contributed by atoms with Gasteiger partial charge in [0.1, 0.15) is 5.82 Å². The van der Waals surface area contributed by atoms with E-state index in [1.807, 2.05) is 0 Å². The summed E-state index contributed by atoms with van der Waals surface area (Å²) in [6.07, 6.45) is 4.28. The van der Waals surface area contributed by atoms with Crippen molar-refractivity contribution in [1.82, 2.24) is 9.88 Å². The number of nitrogens with one attached hydrogen (secondary N) is 1. The molecule has 1 saturated heterocycles. The third-order valence-corrected chi connectivity index (χ3v) is 3.64. The van der Waals surface area contributed by atoms with Crippen LogP contribution in [0.2, 0.25) is 0 Å². The second kappa shape index (κ2) is 5.09. The highest BCUT2D eigenvalue weighted by molar-refractivity contribution is 6.00.